The van der Waals surface area contributed by atoms with Crippen molar-refractivity contribution in [3.63, 3.8) is 0 Å². The number of benzene rings is 2. The summed E-state index contributed by atoms with van der Waals surface area (Å²) in [5.74, 6) is 0.0770. The first-order valence-corrected chi connectivity index (χ1v) is 10.0. The SMILES string of the molecule is CCN(CC)C(=S)SC(C(=O)c1c[nH]c2ccccc12)c1ccccc1. The number of nitrogens with one attached hydrogen (secondary N) is 1. The Kier molecular flexibility index (Phi) is 6.12. The van der Waals surface area contributed by atoms with Crippen LogP contribution >= 0.6 is 24.0 Å². The van der Waals surface area contributed by atoms with Crippen LogP contribution in [-0.4, -0.2) is 33.1 Å². The topological polar surface area (TPSA) is 36.1 Å². The molecule has 0 aliphatic heterocycles. The summed E-state index contributed by atoms with van der Waals surface area (Å²) >= 11 is 7.09. The Bertz CT molecular complexity index is 901. The molecule has 1 aromatic heterocycles. The van der Waals surface area contributed by atoms with Gasteiger partial charge in [0, 0.05) is 35.8 Å². The maximum absolute atomic E-state index is 13.4. The number of carbonyl (C=O) groups excluding carboxylic acids is 1. The van der Waals surface area contributed by atoms with Gasteiger partial charge >= 0.3 is 0 Å². The van der Waals surface area contributed by atoms with Crippen LogP contribution in [-0.2, 0) is 0 Å². The minimum Gasteiger partial charge on any atom is -0.360 e. The van der Waals surface area contributed by atoms with Crippen molar-refractivity contribution in [2.75, 3.05) is 13.1 Å². The number of carbonyl (C=O) groups is 1. The molecule has 0 aliphatic carbocycles. The lowest BCUT2D eigenvalue weighted by atomic mass is 10.0. The average Bonchev–Trinajstić information content (AvgIpc) is 3.11. The Morgan fingerprint density at radius 1 is 1.08 bits per heavy atom. The second kappa shape index (κ2) is 8.52. The van der Waals surface area contributed by atoms with Gasteiger partial charge in [-0.25, -0.2) is 0 Å². The molecule has 1 N–H and O–H groups in total. The zero-order valence-corrected chi connectivity index (χ0v) is 16.6. The Labute approximate surface area is 163 Å². The molecule has 134 valence electrons. The van der Waals surface area contributed by atoms with Crippen molar-refractivity contribution in [1.29, 1.82) is 0 Å². The minimum atomic E-state index is -0.358. The van der Waals surface area contributed by atoms with E-state index >= 15 is 0 Å². The number of Topliss-reactive ketones (excluding diaryl/α,β-unsaturated/α-hetero) is 1. The van der Waals surface area contributed by atoms with Gasteiger partial charge < -0.3 is 9.88 Å². The summed E-state index contributed by atoms with van der Waals surface area (Å²) < 4.78 is 0.761. The van der Waals surface area contributed by atoms with Crippen LogP contribution in [0.4, 0.5) is 0 Å². The highest BCUT2D eigenvalue weighted by Gasteiger charge is 2.27. The van der Waals surface area contributed by atoms with Gasteiger partial charge in [0.25, 0.3) is 0 Å². The summed E-state index contributed by atoms with van der Waals surface area (Å²) in [6.07, 6.45) is 1.81. The van der Waals surface area contributed by atoms with Crippen LogP contribution in [0.25, 0.3) is 10.9 Å². The van der Waals surface area contributed by atoms with Crippen molar-refractivity contribution >= 4 is 45.0 Å². The number of para-hydroxylation sites is 1. The molecule has 3 rings (SSSR count). The molecule has 2 aromatic carbocycles. The van der Waals surface area contributed by atoms with Crippen molar-refractivity contribution in [2.24, 2.45) is 0 Å². The predicted molar refractivity (Wildman–Crippen MR) is 115 cm³/mol. The quantitative estimate of drug-likeness (QED) is 0.454. The van der Waals surface area contributed by atoms with E-state index in [1.165, 1.54) is 11.8 Å². The van der Waals surface area contributed by atoms with Crippen molar-refractivity contribution in [2.45, 2.75) is 19.1 Å². The van der Waals surface area contributed by atoms with Crippen molar-refractivity contribution in [3.05, 3.63) is 71.9 Å². The summed E-state index contributed by atoms with van der Waals surface area (Å²) in [7, 11) is 0. The summed E-state index contributed by atoms with van der Waals surface area (Å²) in [6, 6.07) is 17.8. The monoisotopic (exact) mass is 382 g/mol. The summed E-state index contributed by atoms with van der Waals surface area (Å²) in [4.78, 5) is 18.7. The number of aromatic nitrogens is 1. The molecule has 1 heterocycles. The lowest BCUT2D eigenvalue weighted by molar-refractivity contribution is 0.0991. The number of ketones is 1. The van der Waals surface area contributed by atoms with Gasteiger partial charge in [0.15, 0.2) is 5.78 Å². The minimum absolute atomic E-state index is 0.0770. The van der Waals surface area contributed by atoms with Gasteiger partial charge in [-0.15, -0.1) is 0 Å². The zero-order chi connectivity index (χ0) is 18.5. The molecule has 26 heavy (non-hydrogen) atoms. The molecule has 3 aromatic rings. The number of H-pyrrole nitrogens is 1. The zero-order valence-electron chi connectivity index (χ0n) is 14.9. The van der Waals surface area contributed by atoms with Gasteiger partial charge in [-0.1, -0.05) is 72.5 Å². The summed E-state index contributed by atoms with van der Waals surface area (Å²) in [5, 5.41) is 0.594. The fourth-order valence-corrected chi connectivity index (χ4v) is 4.66. The number of thioether (sulfide) groups is 1. The van der Waals surface area contributed by atoms with E-state index in [2.05, 4.69) is 23.7 Å². The lowest BCUT2D eigenvalue weighted by Gasteiger charge is -2.24. The largest absolute Gasteiger partial charge is 0.360 e. The van der Waals surface area contributed by atoms with Crippen LogP contribution in [0.5, 0.6) is 0 Å². The van der Waals surface area contributed by atoms with Gasteiger partial charge in [-0.2, -0.15) is 0 Å². The predicted octanol–water partition coefficient (Wildman–Crippen LogP) is 5.45. The van der Waals surface area contributed by atoms with Gasteiger partial charge in [0.2, 0.25) is 0 Å². The van der Waals surface area contributed by atoms with Gasteiger partial charge in [0.1, 0.15) is 4.32 Å². The molecular formula is C21H22N2OS2. The van der Waals surface area contributed by atoms with Crippen molar-refractivity contribution in [3.8, 4) is 0 Å². The molecule has 0 amide bonds. The third kappa shape index (κ3) is 3.84. The highest BCUT2D eigenvalue weighted by Crippen LogP contribution is 2.36. The molecule has 0 aliphatic rings. The van der Waals surface area contributed by atoms with Crippen molar-refractivity contribution < 1.29 is 4.79 Å². The third-order valence-corrected chi connectivity index (χ3v) is 6.16. The highest BCUT2D eigenvalue weighted by atomic mass is 32.2. The van der Waals surface area contributed by atoms with Gasteiger partial charge in [-0.3, -0.25) is 4.79 Å². The number of nitrogens with zero attached hydrogens (tertiary/aromatic N) is 1. The molecule has 0 spiro atoms. The summed E-state index contributed by atoms with van der Waals surface area (Å²) in [5.41, 5.74) is 2.66. The first kappa shape index (κ1) is 18.7. The Morgan fingerprint density at radius 2 is 1.73 bits per heavy atom. The number of aromatic amines is 1. The molecule has 1 atom stereocenters. The van der Waals surface area contributed by atoms with Crippen LogP contribution in [0.2, 0.25) is 0 Å². The van der Waals surface area contributed by atoms with E-state index in [1.807, 2.05) is 60.8 Å². The van der Waals surface area contributed by atoms with E-state index in [9.17, 15) is 4.79 Å². The standard InChI is InChI=1S/C21H22N2OS2/c1-3-23(4-2)21(25)26-20(15-10-6-5-7-11-15)19(24)17-14-22-18-13-9-8-12-16(17)18/h5-14,20,22H,3-4H2,1-2H3. The smallest absolute Gasteiger partial charge is 0.182 e. The molecular weight excluding hydrogens is 360 g/mol. The summed E-state index contributed by atoms with van der Waals surface area (Å²) in [6.45, 7) is 5.83. The third-order valence-electron chi connectivity index (χ3n) is 4.44. The van der Waals surface area contributed by atoms with Gasteiger partial charge in [-0.05, 0) is 25.5 Å². The number of fused-ring (bicyclic) bond motifs is 1. The maximum atomic E-state index is 13.4. The number of thiocarbonyl (C=S) groups is 1. The molecule has 5 heteroatoms. The fourth-order valence-electron chi connectivity index (χ4n) is 2.97. The second-order valence-corrected chi connectivity index (χ2v) is 7.70. The molecule has 0 fully saturated rings. The molecule has 0 saturated heterocycles. The molecule has 0 saturated carbocycles. The average molecular weight is 383 g/mol. The maximum Gasteiger partial charge on any atom is 0.182 e. The Hall–Kier alpha value is -2.11. The first-order chi connectivity index (χ1) is 12.7. The van der Waals surface area contributed by atoms with E-state index in [0.717, 1.165) is 33.9 Å². The first-order valence-electron chi connectivity index (χ1n) is 8.76. The van der Waals surface area contributed by atoms with Crippen molar-refractivity contribution in [1.82, 2.24) is 9.88 Å². The van der Waals surface area contributed by atoms with E-state index in [-0.39, 0.29) is 11.0 Å². The second-order valence-electron chi connectivity index (χ2n) is 5.96. The number of rotatable bonds is 6. The van der Waals surface area contributed by atoms with Crippen LogP contribution < -0.4 is 0 Å². The van der Waals surface area contributed by atoms with E-state index in [0.29, 0.717) is 5.56 Å². The van der Waals surface area contributed by atoms with E-state index in [4.69, 9.17) is 12.2 Å². The Morgan fingerprint density at radius 3 is 2.42 bits per heavy atom. The van der Waals surface area contributed by atoms with Crippen LogP contribution in [0.3, 0.4) is 0 Å². The molecule has 0 radical (unpaired) electrons. The van der Waals surface area contributed by atoms with Crippen LogP contribution in [0, 0.1) is 0 Å². The van der Waals surface area contributed by atoms with E-state index in [1.54, 1.807) is 0 Å². The van der Waals surface area contributed by atoms with Crippen LogP contribution in [0.15, 0.2) is 60.8 Å². The molecule has 3 nitrogen and oxygen atoms in total. The number of hydrogen-bond donors (Lipinski definition) is 1. The van der Waals surface area contributed by atoms with Crippen LogP contribution in [0.1, 0.15) is 35.0 Å². The Balaban J connectivity index is 1.97. The van der Waals surface area contributed by atoms with Gasteiger partial charge in [0.05, 0.1) is 5.25 Å². The lowest BCUT2D eigenvalue weighted by Crippen LogP contribution is -2.28. The fraction of sp³-hybridized carbons (Fsp3) is 0.238. The number of hydrogen-bond acceptors (Lipinski definition) is 3. The molecule has 1 unspecified atom stereocenters. The molecule has 0 bridgehead atoms. The highest BCUT2D eigenvalue weighted by molar-refractivity contribution is 8.23. The normalized spacial score (nSPS) is 12.1. The van der Waals surface area contributed by atoms with E-state index < -0.39 is 0 Å².